The zero-order valence-corrected chi connectivity index (χ0v) is 7.07. The third-order valence-corrected chi connectivity index (χ3v) is 3.01. The Hall–Kier alpha value is -0.300. The fraction of sp³-hybridized carbons (Fsp3) is 0.778. The lowest BCUT2D eigenvalue weighted by atomic mass is 9.82. The van der Waals surface area contributed by atoms with E-state index in [-0.39, 0.29) is 5.41 Å². The first-order chi connectivity index (χ1) is 4.40. The predicted molar refractivity (Wildman–Crippen MR) is 42.8 cm³/mol. The van der Waals surface area contributed by atoms with Crippen LogP contribution in [0.2, 0.25) is 0 Å². The highest BCUT2D eigenvalue weighted by Gasteiger charge is 2.52. The summed E-state index contributed by atoms with van der Waals surface area (Å²) in [6.07, 6.45) is 2.26. The molecule has 0 aromatic rings. The Labute approximate surface area is 62.8 Å². The van der Waals surface area contributed by atoms with Crippen molar-refractivity contribution in [3.05, 3.63) is 12.2 Å². The molecule has 0 spiro atoms. The van der Waals surface area contributed by atoms with Gasteiger partial charge in [-0.15, -0.1) is 0 Å². The van der Waals surface area contributed by atoms with Crippen molar-refractivity contribution in [2.75, 3.05) is 0 Å². The van der Waals surface area contributed by atoms with Gasteiger partial charge < -0.3 is 5.11 Å². The number of hydrogen-bond donors (Lipinski definition) is 1. The van der Waals surface area contributed by atoms with Gasteiger partial charge in [-0.25, -0.2) is 0 Å². The molecule has 1 saturated carbocycles. The average molecular weight is 140 g/mol. The summed E-state index contributed by atoms with van der Waals surface area (Å²) in [6, 6.07) is 0. The van der Waals surface area contributed by atoms with E-state index in [0.717, 1.165) is 18.4 Å². The van der Waals surface area contributed by atoms with Crippen molar-refractivity contribution in [1.29, 1.82) is 0 Å². The third-order valence-electron chi connectivity index (χ3n) is 3.01. The van der Waals surface area contributed by atoms with E-state index in [9.17, 15) is 5.11 Å². The van der Waals surface area contributed by atoms with Crippen LogP contribution in [0, 0.1) is 5.41 Å². The van der Waals surface area contributed by atoms with Crippen LogP contribution in [-0.2, 0) is 0 Å². The van der Waals surface area contributed by atoms with Gasteiger partial charge in [-0.3, -0.25) is 0 Å². The Morgan fingerprint density at radius 2 is 2.00 bits per heavy atom. The topological polar surface area (TPSA) is 20.2 Å². The highest BCUT2D eigenvalue weighted by molar-refractivity contribution is 5.19. The molecule has 10 heavy (non-hydrogen) atoms. The Kier molecular flexibility index (Phi) is 1.44. The Balaban J connectivity index is 2.77. The first-order valence-corrected chi connectivity index (χ1v) is 3.78. The normalized spacial score (nSPS) is 27.2. The van der Waals surface area contributed by atoms with Crippen molar-refractivity contribution < 1.29 is 5.11 Å². The molecule has 1 unspecified atom stereocenters. The monoisotopic (exact) mass is 140 g/mol. The first kappa shape index (κ1) is 7.80. The van der Waals surface area contributed by atoms with E-state index in [2.05, 4.69) is 13.5 Å². The Morgan fingerprint density at radius 3 is 2.10 bits per heavy atom. The lowest BCUT2D eigenvalue weighted by Gasteiger charge is -2.30. The molecule has 1 aliphatic rings. The van der Waals surface area contributed by atoms with Crippen LogP contribution in [0.4, 0.5) is 0 Å². The number of rotatable bonds is 2. The van der Waals surface area contributed by atoms with E-state index >= 15 is 0 Å². The van der Waals surface area contributed by atoms with Gasteiger partial charge in [0.1, 0.15) is 0 Å². The molecule has 0 saturated heterocycles. The summed E-state index contributed by atoms with van der Waals surface area (Å²) in [7, 11) is 0. The van der Waals surface area contributed by atoms with Crippen LogP contribution in [0.25, 0.3) is 0 Å². The van der Waals surface area contributed by atoms with E-state index in [1.807, 2.05) is 13.8 Å². The fourth-order valence-corrected chi connectivity index (χ4v) is 1.19. The maximum Gasteiger partial charge on any atom is 0.0876 e. The fourth-order valence-electron chi connectivity index (χ4n) is 1.19. The molecule has 1 N–H and O–H groups in total. The molecule has 0 aromatic carbocycles. The van der Waals surface area contributed by atoms with Gasteiger partial charge in [0.2, 0.25) is 0 Å². The summed E-state index contributed by atoms with van der Waals surface area (Å²) < 4.78 is 0. The number of aliphatic hydroxyl groups is 1. The molecular weight excluding hydrogens is 124 g/mol. The summed E-state index contributed by atoms with van der Waals surface area (Å²) in [5, 5.41) is 9.89. The smallest absolute Gasteiger partial charge is 0.0876 e. The standard InChI is InChI=1S/C9H16O/c1-7(2)9(4,10)8(3)5-6-8/h10H,1,5-6H2,2-4H3. The van der Waals surface area contributed by atoms with E-state index < -0.39 is 5.60 Å². The van der Waals surface area contributed by atoms with Gasteiger partial charge >= 0.3 is 0 Å². The summed E-state index contributed by atoms with van der Waals surface area (Å²) in [5.41, 5.74) is 0.360. The molecule has 0 aliphatic heterocycles. The highest BCUT2D eigenvalue weighted by Crippen LogP contribution is 2.55. The van der Waals surface area contributed by atoms with Crippen LogP contribution < -0.4 is 0 Å². The van der Waals surface area contributed by atoms with Gasteiger partial charge in [0.15, 0.2) is 0 Å². The number of hydrogen-bond acceptors (Lipinski definition) is 1. The molecule has 1 atom stereocenters. The van der Waals surface area contributed by atoms with Gasteiger partial charge in [-0.05, 0) is 37.7 Å². The average Bonchev–Trinajstić information content (AvgIpc) is 2.48. The molecule has 0 radical (unpaired) electrons. The maximum absolute atomic E-state index is 9.89. The summed E-state index contributed by atoms with van der Waals surface area (Å²) >= 11 is 0. The molecule has 1 heteroatoms. The minimum atomic E-state index is -0.646. The van der Waals surface area contributed by atoms with E-state index in [1.54, 1.807) is 0 Å². The third kappa shape index (κ3) is 0.891. The SMILES string of the molecule is C=C(C)C(C)(O)C1(C)CC1. The molecule has 1 aliphatic carbocycles. The second-order valence-corrected chi connectivity index (χ2v) is 3.91. The Morgan fingerprint density at radius 1 is 1.60 bits per heavy atom. The quantitative estimate of drug-likeness (QED) is 0.582. The minimum Gasteiger partial charge on any atom is -0.385 e. The second-order valence-electron chi connectivity index (χ2n) is 3.91. The summed E-state index contributed by atoms with van der Waals surface area (Å²) in [5.74, 6) is 0. The Bertz CT molecular complexity index is 164. The zero-order valence-electron chi connectivity index (χ0n) is 7.07. The van der Waals surface area contributed by atoms with Gasteiger partial charge in [-0.1, -0.05) is 13.5 Å². The molecule has 0 heterocycles. The van der Waals surface area contributed by atoms with Gasteiger partial charge in [0, 0.05) is 0 Å². The van der Waals surface area contributed by atoms with Crippen molar-refractivity contribution in [1.82, 2.24) is 0 Å². The van der Waals surface area contributed by atoms with Crippen molar-refractivity contribution in [3.63, 3.8) is 0 Å². The highest BCUT2D eigenvalue weighted by atomic mass is 16.3. The van der Waals surface area contributed by atoms with Crippen LogP contribution in [0.1, 0.15) is 33.6 Å². The van der Waals surface area contributed by atoms with Crippen molar-refractivity contribution in [3.8, 4) is 0 Å². The molecule has 0 bridgehead atoms. The van der Waals surface area contributed by atoms with Crippen LogP contribution in [0.5, 0.6) is 0 Å². The lowest BCUT2D eigenvalue weighted by Crippen LogP contribution is -2.35. The molecular formula is C9H16O. The lowest BCUT2D eigenvalue weighted by molar-refractivity contribution is 0.0291. The van der Waals surface area contributed by atoms with Gasteiger partial charge in [-0.2, -0.15) is 0 Å². The van der Waals surface area contributed by atoms with E-state index in [1.165, 1.54) is 0 Å². The second kappa shape index (κ2) is 1.85. The first-order valence-electron chi connectivity index (χ1n) is 3.78. The largest absolute Gasteiger partial charge is 0.385 e. The molecule has 1 nitrogen and oxygen atoms in total. The van der Waals surface area contributed by atoms with E-state index in [4.69, 9.17) is 0 Å². The van der Waals surface area contributed by atoms with Crippen LogP contribution in [0.3, 0.4) is 0 Å². The van der Waals surface area contributed by atoms with Crippen LogP contribution in [-0.4, -0.2) is 10.7 Å². The minimum absolute atomic E-state index is 0.124. The van der Waals surface area contributed by atoms with Crippen LogP contribution in [0.15, 0.2) is 12.2 Å². The maximum atomic E-state index is 9.89. The van der Waals surface area contributed by atoms with Crippen LogP contribution >= 0.6 is 0 Å². The predicted octanol–water partition coefficient (Wildman–Crippen LogP) is 2.11. The van der Waals surface area contributed by atoms with Crippen molar-refractivity contribution in [2.45, 2.75) is 39.2 Å². The van der Waals surface area contributed by atoms with Crippen molar-refractivity contribution in [2.24, 2.45) is 5.41 Å². The molecule has 58 valence electrons. The van der Waals surface area contributed by atoms with E-state index in [0.29, 0.717) is 0 Å². The van der Waals surface area contributed by atoms with Gasteiger partial charge in [0.25, 0.3) is 0 Å². The van der Waals surface area contributed by atoms with Gasteiger partial charge in [0.05, 0.1) is 5.60 Å². The molecule has 1 rings (SSSR count). The summed E-state index contributed by atoms with van der Waals surface area (Å²) in [6.45, 7) is 9.65. The molecule has 1 fully saturated rings. The molecule has 0 amide bonds. The summed E-state index contributed by atoms with van der Waals surface area (Å²) in [4.78, 5) is 0. The molecule has 0 aromatic heterocycles. The zero-order chi connectivity index (χ0) is 7.99. The van der Waals surface area contributed by atoms with Crippen molar-refractivity contribution >= 4 is 0 Å².